The highest BCUT2D eigenvalue weighted by molar-refractivity contribution is 5.82. The van der Waals surface area contributed by atoms with Crippen molar-refractivity contribution < 1.29 is 18.9 Å². The summed E-state index contributed by atoms with van der Waals surface area (Å²) in [5.41, 5.74) is 12.6. The van der Waals surface area contributed by atoms with Gasteiger partial charge in [-0.05, 0) is 163 Å². The Bertz CT molecular complexity index is 1720. The molecule has 9 rings (SSSR count). The number of hydrogen-bond donors (Lipinski definition) is 0. The van der Waals surface area contributed by atoms with Gasteiger partial charge in [0.2, 0.25) is 0 Å². The first-order valence-electron chi connectivity index (χ1n) is 20.1. The van der Waals surface area contributed by atoms with E-state index in [1.165, 1.54) is 55.6 Å². The van der Waals surface area contributed by atoms with E-state index < -0.39 is 0 Å². The van der Waals surface area contributed by atoms with Crippen molar-refractivity contribution in [3.8, 4) is 34.1 Å². The van der Waals surface area contributed by atoms with Crippen molar-refractivity contribution in [2.45, 2.75) is 97.6 Å². The molecule has 5 heterocycles. The normalized spacial score (nSPS) is 18.9. The van der Waals surface area contributed by atoms with Crippen molar-refractivity contribution in [2.24, 2.45) is 0 Å². The van der Waals surface area contributed by atoms with Gasteiger partial charge >= 0.3 is 0 Å². The molecule has 4 aromatic rings. The van der Waals surface area contributed by atoms with Gasteiger partial charge in [-0.25, -0.2) is 0 Å². The number of benzene rings is 4. The van der Waals surface area contributed by atoms with Crippen LogP contribution in [-0.4, -0.2) is 63.4 Å². The molecule has 1 spiro atoms. The summed E-state index contributed by atoms with van der Waals surface area (Å²) in [5.74, 6) is 3.98. The number of nitrogens with zero attached hydrogens (tertiary/aromatic N) is 2. The lowest BCUT2D eigenvalue weighted by Gasteiger charge is -2.42. The quantitative estimate of drug-likeness (QED) is 0.181. The molecule has 0 atom stereocenters. The first-order valence-corrected chi connectivity index (χ1v) is 20.1. The molecule has 0 saturated carbocycles. The summed E-state index contributed by atoms with van der Waals surface area (Å²) in [4.78, 5) is 4.84. The molecule has 1 fully saturated rings. The topological polar surface area (TPSA) is 43.4 Å². The minimum absolute atomic E-state index is 0.0361. The summed E-state index contributed by atoms with van der Waals surface area (Å²) < 4.78 is 26.2. The van der Waals surface area contributed by atoms with Crippen LogP contribution < -0.4 is 18.9 Å². The molecule has 0 amide bonds. The van der Waals surface area contributed by atoms with Crippen molar-refractivity contribution in [1.82, 2.24) is 9.80 Å². The molecule has 6 heteroatoms. The van der Waals surface area contributed by atoms with Crippen molar-refractivity contribution >= 4 is 0 Å². The maximum Gasteiger partial charge on any atom is 0.127 e. The predicted octanol–water partition coefficient (Wildman–Crippen LogP) is 10.1. The van der Waals surface area contributed by atoms with Gasteiger partial charge in [-0.1, -0.05) is 48.5 Å². The van der Waals surface area contributed by atoms with Gasteiger partial charge in [0.25, 0.3) is 0 Å². The Labute approximate surface area is 318 Å². The third-order valence-electron chi connectivity index (χ3n) is 11.8. The molecule has 5 aliphatic rings. The summed E-state index contributed by atoms with van der Waals surface area (Å²) in [7, 11) is 4.44. The summed E-state index contributed by atoms with van der Waals surface area (Å²) in [6.45, 7) is 15.6. The zero-order valence-electron chi connectivity index (χ0n) is 33.1. The maximum absolute atomic E-state index is 6.59. The van der Waals surface area contributed by atoms with Crippen LogP contribution in [0.15, 0.2) is 60.7 Å². The molecule has 4 bridgehead atoms. The molecule has 1 saturated heterocycles. The van der Waals surface area contributed by atoms with E-state index in [1.54, 1.807) is 0 Å². The fourth-order valence-electron chi connectivity index (χ4n) is 8.99. The number of piperidine rings is 1. The predicted molar refractivity (Wildman–Crippen MR) is 216 cm³/mol. The molecule has 0 radical (unpaired) electrons. The Balaban J connectivity index is 1.16. The summed E-state index contributed by atoms with van der Waals surface area (Å²) in [6, 6.07) is 22.7. The molecular formula is C47H60N2O4. The largest absolute Gasteiger partial charge is 0.493 e. The minimum atomic E-state index is -0.0361. The highest BCUT2D eigenvalue weighted by Crippen LogP contribution is 2.46. The highest BCUT2D eigenvalue weighted by atomic mass is 16.5. The summed E-state index contributed by atoms with van der Waals surface area (Å²) in [5, 5.41) is 0. The van der Waals surface area contributed by atoms with E-state index in [9.17, 15) is 0 Å². The lowest BCUT2D eigenvalue weighted by Crippen LogP contribution is -2.41. The van der Waals surface area contributed by atoms with E-state index in [1.807, 2.05) is 0 Å². The number of likely N-dealkylation sites (tertiary alicyclic amines) is 1. The molecule has 0 aliphatic carbocycles. The lowest BCUT2D eigenvalue weighted by molar-refractivity contribution is 0.212. The zero-order valence-corrected chi connectivity index (χ0v) is 33.1. The Kier molecular flexibility index (Phi) is 11.7. The van der Waals surface area contributed by atoms with Gasteiger partial charge in [-0.15, -0.1) is 0 Å². The first-order chi connectivity index (χ1) is 25.7. The first kappa shape index (κ1) is 37.3. The van der Waals surface area contributed by atoms with Gasteiger partial charge in [0.15, 0.2) is 0 Å². The SMILES string of the molecule is Cc1cc2cc(C)c1OCCCCCOc1cccc3c1-c1c(cccc1OCCCCCOc1c(C)cc(cc1C)C21CCN(C)CC1)CN(C)C3. The van der Waals surface area contributed by atoms with Crippen LogP contribution in [0.2, 0.25) is 0 Å². The Hall–Kier alpha value is -4.00. The van der Waals surface area contributed by atoms with Crippen LogP contribution in [0.1, 0.15) is 95.9 Å². The van der Waals surface area contributed by atoms with Crippen LogP contribution in [0, 0.1) is 27.7 Å². The van der Waals surface area contributed by atoms with Crippen LogP contribution in [0.5, 0.6) is 23.0 Å². The Morgan fingerprint density at radius 1 is 0.491 bits per heavy atom. The fourth-order valence-corrected chi connectivity index (χ4v) is 8.99. The number of aryl methyl sites for hydroxylation is 4. The molecule has 6 nitrogen and oxygen atoms in total. The molecular weight excluding hydrogens is 657 g/mol. The van der Waals surface area contributed by atoms with Crippen molar-refractivity contribution in [3.05, 3.63) is 105 Å². The Morgan fingerprint density at radius 3 is 1.30 bits per heavy atom. The van der Waals surface area contributed by atoms with Crippen molar-refractivity contribution in [1.29, 1.82) is 0 Å². The third-order valence-corrected chi connectivity index (χ3v) is 11.8. The molecule has 4 aromatic carbocycles. The molecule has 0 aromatic heterocycles. The van der Waals surface area contributed by atoms with Gasteiger partial charge in [0, 0.05) is 29.6 Å². The van der Waals surface area contributed by atoms with Crippen LogP contribution in [0.4, 0.5) is 0 Å². The minimum Gasteiger partial charge on any atom is -0.493 e. The molecule has 5 aliphatic heterocycles. The average molecular weight is 717 g/mol. The molecule has 53 heavy (non-hydrogen) atoms. The second kappa shape index (κ2) is 16.6. The van der Waals surface area contributed by atoms with E-state index in [-0.39, 0.29) is 5.41 Å². The third kappa shape index (κ3) is 8.10. The van der Waals surface area contributed by atoms with Crippen LogP contribution in [0.3, 0.4) is 0 Å². The van der Waals surface area contributed by atoms with E-state index in [4.69, 9.17) is 18.9 Å². The average Bonchev–Trinajstić information content (AvgIpc) is 3.28. The van der Waals surface area contributed by atoms with Gasteiger partial charge in [0.05, 0.1) is 26.4 Å². The zero-order chi connectivity index (χ0) is 37.0. The monoisotopic (exact) mass is 716 g/mol. The number of hydrogen-bond acceptors (Lipinski definition) is 6. The lowest BCUT2D eigenvalue weighted by atomic mass is 9.67. The molecule has 282 valence electrons. The Morgan fingerprint density at radius 2 is 0.887 bits per heavy atom. The number of ether oxygens (including phenoxy) is 4. The second-order valence-corrected chi connectivity index (χ2v) is 16.0. The standard InChI is InChI=1S/C47H60N2O4/c1-33-27-39-28-34(2)45(33)52-25-11-7-9-23-50-41-17-13-15-37-31-49(6)32-38-16-14-18-42(44(38)43(37)41)51-24-10-8-12-26-53-46-35(3)29-40(30-36(46)4)47(39)19-21-48(5)22-20-47/h13-18,27-30H,7-12,19-26,31-32H2,1-6H3. The van der Waals surface area contributed by atoms with Gasteiger partial charge in [-0.3, -0.25) is 4.90 Å². The van der Waals surface area contributed by atoms with Crippen LogP contribution in [-0.2, 0) is 18.5 Å². The highest BCUT2D eigenvalue weighted by Gasteiger charge is 2.38. The van der Waals surface area contributed by atoms with Gasteiger partial charge in [-0.2, -0.15) is 0 Å². The summed E-state index contributed by atoms with van der Waals surface area (Å²) >= 11 is 0. The fraction of sp³-hybridized carbons (Fsp3) is 0.489. The number of rotatable bonds is 0. The van der Waals surface area contributed by atoms with E-state index in [0.717, 1.165) is 101 Å². The maximum atomic E-state index is 6.59. The van der Waals surface area contributed by atoms with E-state index >= 15 is 0 Å². The van der Waals surface area contributed by atoms with Crippen LogP contribution in [0.25, 0.3) is 11.1 Å². The van der Waals surface area contributed by atoms with E-state index in [0.29, 0.717) is 26.4 Å². The van der Waals surface area contributed by atoms with Gasteiger partial charge < -0.3 is 23.8 Å². The van der Waals surface area contributed by atoms with Gasteiger partial charge in [0.1, 0.15) is 23.0 Å². The van der Waals surface area contributed by atoms with Crippen molar-refractivity contribution in [3.63, 3.8) is 0 Å². The van der Waals surface area contributed by atoms with E-state index in [2.05, 4.69) is 112 Å². The van der Waals surface area contributed by atoms with Crippen molar-refractivity contribution in [2.75, 3.05) is 53.6 Å². The summed E-state index contributed by atoms with van der Waals surface area (Å²) in [6.07, 6.45) is 8.24. The second-order valence-electron chi connectivity index (χ2n) is 16.0. The molecule has 0 N–H and O–H groups in total. The smallest absolute Gasteiger partial charge is 0.127 e. The number of fused-ring (bicyclic) bond motifs is 2. The molecule has 0 unspecified atom stereocenters. The van der Waals surface area contributed by atoms with Crippen LogP contribution >= 0.6 is 0 Å².